The minimum Gasteiger partial charge on any atom is -0.497 e. The monoisotopic (exact) mass is 365 g/mol. The van der Waals surface area contributed by atoms with Crippen LogP contribution in [0.4, 0.5) is 10.1 Å². The summed E-state index contributed by atoms with van der Waals surface area (Å²) in [6, 6.07) is 20.9. The molecule has 3 aromatic carbocycles. The first-order valence-corrected chi connectivity index (χ1v) is 8.51. The van der Waals surface area contributed by atoms with E-state index >= 15 is 0 Å². The Balaban J connectivity index is 1.57. The molecule has 0 spiro atoms. The average Bonchev–Trinajstić information content (AvgIpc) is 2.70. The molecule has 27 heavy (non-hydrogen) atoms. The molecule has 1 amide bonds. The van der Waals surface area contributed by atoms with Crippen LogP contribution in [0, 0.1) is 5.82 Å². The Labute approximate surface area is 157 Å². The van der Waals surface area contributed by atoms with Gasteiger partial charge in [-0.15, -0.1) is 0 Å². The highest BCUT2D eigenvalue weighted by molar-refractivity contribution is 6.04. The van der Waals surface area contributed by atoms with Crippen molar-refractivity contribution in [1.29, 1.82) is 0 Å². The number of carbonyl (C=O) groups is 1. The maximum Gasteiger partial charge on any atom is 0.255 e. The van der Waals surface area contributed by atoms with Crippen molar-refractivity contribution < 1.29 is 18.7 Å². The number of rotatable bonds is 7. The summed E-state index contributed by atoms with van der Waals surface area (Å²) >= 11 is 0. The van der Waals surface area contributed by atoms with E-state index < -0.39 is 5.82 Å². The van der Waals surface area contributed by atoms with Crippen LogP contribution in [0.5, 0.6) is 5.75 Å². The second kappa shape index (κ2) is 8.96. The highest BCUT2D eigenvalue weighted by atomic mass is 19.1. The molecular weight excluding hydrogens is 345 g/mol. The van der Waals surface area contributed by atoms with E-state index in [1.807, 2.05) is 30.3 Å². The zero-order chi connectivity index (χ0) is 19.1. The van der Waals surface area contributed by atoms with Crippen molar-refractivity contribution in [2.75, 3.05) is 12.4 Å². The van der Waals surface area contributed by atoms with E-state index in [9.17, 15) is 9.18 Å². The number of hydrogen-bond donors (Lipinski definition) is 1. The first kappa shape index (κ1) is 18.6. The Morgan fingerprint density at radius 2 is 1.78 bits per heavy atom. The molecule has 138 valence electrons. The standard InChI is InChI=1S/C22H20FNO3/c1-26-20-9-5-6-16(12-20)14-27-15-18-10-11-19(13-21(18)23)24-22(25)17-7-3-2-4-8-17/h2-13H,14-15H2,1H3,(H,24,25). The molecule has 0 atom stereocenters. The van der Waals surface area contributed by atoms with E-state index in [0.717, 1.165) is 11.3 Å². The van der Waals surface area contributed by atoms with Gasteiger partial charge in [-0.2, -0.15) is 0 Å². The lowest BCUT2D eigenvalue weighted by Crippen LogP contribution is -2.12. The summed E-state index contributed by atoms with van der Waals surface area (Å²) in [6.45, 7) is 0.485. The predicted molar refractivity (Wildman–Crippen MR) is 102 cm³/mol. The fourth-order valence-corrected chi connectivity index (χ4v) is 2.58. The normalized spacial score (nSPS) is 10.4. The number of benzene rings is 3. The average molecular weight is 365 g/mol. The number of carbonyl (C=O) groups excluding carboxylic acids is 1. The second-order valence-corrected chi connectivity index (χ2v) is 5.97. The van der Waals surface area contributed by atoms with Crippen molar-refractivity contribution in [3.8, 4) is 5.75 Å². The van der Waals surface area contributed by atoms with Crippen LogP contribution < -0.4 is 10.1 Å². The van der Waals surface area contributed by atoms with Crippen molar-refractivity contribution in [2.24, 2.45) is 0 Å². The Kier molecular flexibility index (Phi) is 6.18. The lowest BCUT2D eigenvalue weighted by Gasteiger charge is -2.09. The van der Waals surface area contributed by atoms with Gasteiger partial charge in [0.1, 0.15) is 11.6 Å². The van der Waals surface area contributed by atoms with Crippen molar-refractivity contribution in [3.05, 3.63) is 95.3 Å². The Morgan fingerprint density at radius 1 is 0.963 bits per heavy atom. The van der Waals surface area contributed by atoms with Gasteiger partial charge in [0, 0.05) is 16.8 Å². The molecule has 0 saturated carbocycles. The second-order valence-electron chi connectivity index (χ2n) is 5.97. The molecule has 0 fully saturated rings. The summed E-state index contributed by atoms with van der Waals surface area (Å²) in [6.07, 6.45) is 0. The number of ether oxygens (including phenoxy) is 2. The summed E-state index contributed by atoms with van der Waals surface area (Å²) in [4.78, 5) is 12.1. The fraction of sp³-hybridized carbons (Fsp3) is 0.136. The third-order valence-electron chi connectivity index (χ3n) is 4.01. The van der Waals surface area contributed by atoms with Crippen LogP contribution in [0.3, 0.4) is 0 Å². The maximum absolute atomic E-state index is 14.3. The van der Waals surface area contributed by atoms with Gasteiger partial charge in [0.25, 0.3) is 5.91 Å². The zero-order valence-electron chi connectivity index (χ0n) is 14.9. The van der Waals surface area contributed by atoms with Gasteiger partial charge < -0.3 is 14.8 Å². The van der Waals surface area contributed by atoms with Crippen LogP contribution in [-0.2, 0) is 18.0 Å². The summed E-state index contributed by atoms with van der Waals surface area (Å²) in [5.41, 5.74) is 2.29. The summed E-state index contributed by atoms with van der Waals surface area (Å²) < 4.78 is 25.1. The zero-order valence-corrected chi connectivity index (χ0v) is 14.9. The van der Waals surface area contributed by atoms with Gasteiger partial charge in [-0.3, -0.25) is 4.79 Å². The van der Waals surface area contributed by atoms with Crippen LogP contribution in [0.1, 0.15) is 21.5 Å². The van der Waals surface area contributed by atoms with Gasteiger partial charge in [0.2, 0.25) is 0 Å². The number of methoxy groups -OCH3 is 1. The summed E-state index contributed by atoms with van der Waals surface area (Å²) in [7, 11) is 1.60. The van der Waals surface area contributed by atoms with Crippen molar-refractivity contribution in [1.82, 2.24) is 0 Å². The third-order valence-corrected chi connectivity index (χ3v) is 4.01. The van der Waals surface area contributed by atoms with E-state index in [1.54, 1.807) is 43.5 Å². The van der Waals surface area contributed by atoms with Gasteiger partial charge in [-0.1, -0.05) is 36.4 Å². The van der Waals surface area contributed by atoms with Crippen LogP contribution in [-0.4, -0.2) is 13.0 Å². The van der Waals surface area contributed by atoms with E-state index in [2.05, 4.69) is 5.32 Å². The van der Waals surface area contributed by atoms with Gasteiger partial charge in [0.15, 0.2) is 0 Å². The van der Waals surface area contributed by atoms with Crippen LogP contribution in [0.25, 0.3) is 0 Å². The minimum absolute atomic E-state index is 0.135. The Morgan fingerprint density at radius 3 is 2.52 bits per heavy atom. The smallest absolute Gasteiger partial charge is 0.255 e. The van der Waals surface area contributed by atoms with Crippen LogP contribution in [0.2, 0.25) is 0 Å². The molecule has 0 saturated heterocycles. The molecule has 3 rings (SSSR count). The molecule has 1 N–H and O–H groups in total. The molecule has 0 heterocycles. The van der Waals surface area contributed by atoms with Gasteiger partial charge in [-0.05, 0) is 42.0 Å². The molecule has 0 aliphatic heterocycles. The largest absolute Gasteiger partial charge is 0.497 e. The van der Waals surface area contributed by atoms with Crippen LogP contribution >= 0.6 is 0 Å². The number of hydrogen-bond acceptors (Lipinski definition) is 3. The van der Waals surface area contributed by atoms with Crippen molar-refractivity contribution >= 4 is 11.6 Å². The van der Waals surface area contributed by atoms with Crippen LogP contribution in [0.15, 0.2) is 72.8 Å². The summed E-state index contributed by atoms with van der Waals surface area (Å²) in [5.74, 6) is 0.0457. The number of nitrogens with one attached hydrogen (secondary N) is 1. The summed E-state index contributed by atoms with van der Waals surface area (Å²) in [5, 5.41) is 2.69. The van der Waals surface area contributed by atoms with Crippen molar-refractivity contribution in [2.45, 2.75) is 13.2 Å². The van der Waals surface area contributed by atoms with Gasteiger partial charge >= 0.3 is 0 Å². The molecule has 5 heteroatoms. The molecule has 0 unspecified atom stereocenters. The molecule has 4 nitrogen and oxygen atoms in total. The van der Waals surface area contributed by atoms with Gasteiger partial charge in [0.05, 0.1) is 20.3 Å². The highest BCUT2D eigenvalue weighted by Crippen LogP contribution is 2.18. The molecule has 0 bridgehead atoms. The number of anilines is 1. The van der Waals surface area contributed by atoms with E-state index in [-0.39, 0.29) is 12.5 Å². The molecule has 3 aromatic rings. The predicted octanol–water partition coefficient (Wildman–Crippen LogP) is 4.80. The van der Waals surface area contributed by atoms with E-state index in [4.69, 9.17) is 9.47 Å². The molecule has 0 radical (unpaired) electrons. The first-order valence-electron chi connectivity index (χ1n) is 8.51. The molecule has 0 aromatic heterocycles. The topological polar surface area (TPSA) is 47.6 Å². The number of halogens is 1. The molecular formula is C22H20FNO3. The highest BCUT2D eigenvalue weighted by Gasteiger charge is 2.08. The van der Waals surface area contributed by atoms with E-state index in [0.29, 0.717) is 23.4 Å². The Hall–Kier alpha value is -3.18. The molecule has 0 aliphatic carbocycles. The number of amides is 1. The lowest BCUT2D eigenvalue weighted by atomic mass is 10.1. The fourth-order valence-electron chi connectivity index (χ4n) is 2.58. The van der Waals surface area contributed by atoms with Crippen molar-refractivity contribution in [3.63, 3.8) is 0 Å². The van der Waals surface area contributed by atoms with E-state index in [1.165, 1.54) is 6.07 Å². The third kappa shape index (κ3) is 5.15. The minimum atomic E-state index is -0.425. The molecule has 0 aliphatic rings. The lowest BCUT2D eigenvalue weighted by molar-refractivity contribution is 0.102. The SMILES string of the molecule is COc1cccc(COCc2ccc(NC(=O)c3ccccc3)cc2F)c1. The first-order chi connectivity index (χ1) is 13.2. The Bertz CT molecular complexity index is 912. The maximum atomic E-state index is 14.3. The quantitative estimate of drug-likeness (QED) is 0.654. The van der Waals surface area contributed by atoms with Gasteiger partial charge in [-0.25, -0.2) is 4.39 Å².